The van der Waals surface area contributed by atoms with Gasteiger partial charge >= 0.3 is 0 Å². The van der Waals surface area contributed by atoms with Gasteiger partial charge in [-0.15, -0.1) is 12.4 Å². The van der Waals surface area contributed by atoms with E-state index in [2.05, 4.69) is 17.0 Å². The van der Waals surface area contributed by atoms with E-state index in [1.165, 1.54) is 37.9 Å². The molecule has 2 rings (SSSR count). The van der Waals surface area contributed by atoms with Crippen molar-refractivity contribution in [3.63, 3.8) is 0 Å². The fourth-order valence-electron chi connectivity index (χ4n) is 2.66. The molecule has 1 aromatic rings. The summed E-state index contributed by atoms with van der Waals surface area (Å²) in [6.45, 7) is 4.30. The normalized spacial score (nSPS) is 16.9. The Morgan fingerprint density at radius 1 is 1.21 bits per heavy atom. The molecule has 0 spiro atoms. The maximum atomic E-state index is 5.62. The lowest BCUT2D eigenvalue weighted by Gasteiger charge is -2.31. The number of hydrogen-bond donors (Lipinski definition) is 1. The first-order chi connectivity index (χ1) is 8.81. The van der Waals surface area contributed by atoms with Crippen LogP contribution in [0.2, 0.25) is 0 Å². The Kier molecular flexibility index (Phi) is 7.21. The van der Waals surface area contributed by atoms with Gasteiger partial charge in [0.15, 0.2) is 0 Å². The summed E-state index contributed by atoms with van der Waals surface area (Å²) < 4.78 is 5.17. The van der Waals surface area contributed by atoms with Crippen LogP contribution >= 0.6 is 12.4 Å². The van der Waals surface area contributed by atoms with Gasteiger partial charge in [0.05, 0.1) is 7.11 Å². The molecule has 1 fully saturated rings. The highest BCUT2D eigenvalue weighted by Crippen LogP contribution is 2.21. The summed E-state index contributed by atoms with van der Waals surface area (Å²) in [5.74, 6) is 1.78. The van der Waals surface area contributed by atoms with Crippen LogP contribution in [0.25, 0.3) is 0 Å². The van der Waals surface area contributed by atoms with Crippen LogP contribution in [0.15, 0.2) is 24.3 Å². The lowest BCUT2D eigenvalue weighted by atomic mass is 9.93. The first-order valence-corrected chi connectivity index (χ1v) is 6.87. The third-order valence-corrected chi connectivity index (χ3v) is 3.85. The second-order valence-corrected chi connectivity index (χ2v) is 5.14. The average molecular weight is 285 g/mol. The van der Waals surface area contributed by atoms with E-state index in [4.69, 9.17) is 10.5 Å². The monoisotopic (exact) mass is 284 g/mol. The summed E-state index contributed by atoms with van der Waals surface area (Å²) in [5, 5.41) is 0. The van der Waals surface area contributed by atoms with Crippen LogP contribution in [0.5, 0.6) is 5.75 Å². The van der Waals surface area contributed by atoms with Gasteiger partial charge in [-0.3, -0.25) is 4.90 Å². The predicted octanol–water partition coefficient (Wildman–Crippen LogP) is 2.68. The number of nitrogens with zero attached hydrogens (tertiary/aromatic N) is 1. The number of methoxy groups -OCH3 is 1. The third-order valence-electron chi connectivity index (χ3n) is 3.85. The van der Waals surface area contributed by atoms with E-state index in [1.807, 2.05) is 12.1 Å². The number of halogens is 1. The quantitative estimate of drug-likeness (QED) is 0.903. The van der Waals surface area contributed by atoms with Gasteiger partial charge in [-0.25, -0.2) is 0 Å². The van der Waals surface area contributed by atoms with Crippen molar-refractivity contribution in [1.82, 2.24) is 4.90 Å². The number of piperidine rings is 1. The summed E-state index contributed by atoms with van der Waals surface area (Å²) in [5.41, 5.74) is 6.99. The molecule has 0 amide bonds. The number of rotatable bonds is 5. The van der Waals surface area contributed by atoms with Gasteiger partial charge in [0.25, 0.3) is 0 Å². The van der Waals surface area contributed by atoms with Crippen molar-refractivity contribution in [3.8, 4) is 5.75 Å². The number of ether oxygens (including phenoxy) is 1. The summed E-state index contributed by atoms with van der Waals surface area (Å²) >= 11 is 0. The molecule has 19 heavy (non-hydrogen) atoms. The Morgan fingerprint density at radius 3 is 2.37 bits per heavy atom. The van der Waals surface area contributed by atoms with E-state index in [-0.39, 0.29) is 12.4 Å². The van der Waals surface area contributed by atoms with Gasteiger partial charge < -0.3 is 10.5 Å². The Bertz CT molecular complexity index is 348. The number of benzene rings is 1. The summed E-state index contributed by atoms with van der Waals surface area (Å²) in [7, 11) is 1.71. The molecule has 1 aliphatic heterocycles. The molecule has 1 heterocycles. The molecule has 2 N–H and O–H groups in total. The minimum Gasteiger partial charge on any atom is -0.497 e. The Labute approximate surface area is 122 Å². The smallest absolute Gasteiger partial charge is 0.118 e. The Morgan fingerprint density at radius 2 is 1.84 bits per heavy atom. The first-order valence-electron chi connectivity index (χ1n) is 6.87. The molecule has 0 radical (unpaired) electrons. The topological polar surface area (TPSA) is 38.5 Å². The molecule has 0 bridgehead atoms. The SMILES string of the molecule is COc1ccc(CN2CCC(CCN)CC2)cc1.Cl. The molecule has 3 nitrogen and oxygen atoms in total. The zero-order valence-corrected chi connectivity index (χ0v) is 12.5. The van der Waals surface area contributed by atoms with Gasteiger partial charge in [-0.2, -0.15) is 0 Å². The highest BCUT2D eigenvalue weighted by molar-refractivity contribution is 5.85. The molecule has 0 aliphatic carbocycles. The van der Waals surface area contributed by atoms with Crippen molar-refractivity contribution in [3.05, 3.63) is 29.8 Å². The average Bonchev–Trinajstić information content (AvgIpc) is 2.42. The molecular weight excluding hydrogens is 260 g/mol. The number of nitrogens with two attached hydrogens (primary N) is 1. The van der Waals surface area contributed by atoms with Crippen molar-refractivity contribution in [2.45, 2.75) is 25.8 Å². The second-order valence-electron chi connectivity index (χ2n) is 5.14. The van der Waals surface area contributed by atoms with Gasteiger partial charge in [0, 0.05) is 6.54 Å². The van der Waals surface area contributed by atoms with Crippen molar-refractivity contribution < 1.29 is 4.74 Å². The lowest BCUT2D eigenvalue weighted by molar-refractivity contribution is 0.173. The zero-order valence-electron chi connectivity index (χ0n) is 11.7. The molecule has 108 valence electrons. The minimum absolute atomic E-state index is 0. The molecule has 0 saturated carbocycles. The van der Waals surface area contributed by atoms with E-state index in [0.29, 0.717) is 0 Å². The van der Waals surface area contributed by atoms with Crippen molar-refractivity contribution in [2.24, 2.45) is 11.7 Å². The van der Waals surface area contributed by atoms with E-state index < -0.39 is 0 Å². The van der Waals surface area contributed by atoms with E-state index in [9.17, 15) is 0 Å². The molecule has 4 heteroatoms. The molecule has 0 unspecified atom stereocenters. The van der Waals surface area contributed by atoms with Crippen LogP contribution in [0.4, 0.5) is 0 Å². The fourth-order valence-corrected chi connectivity index (χ4v) is 2.66. The minimum atomic E-state index is 0. The highest BCUT2D eigenvalue weighted by atomic mass is 35.5. The van der Waals surface area contributed by atoms with Crippen LogP contribution in [-0.2, 0) is 6.54 Å². The van der Waals surface area contributed by atoms with Crippen LogP contribution in [0, 0.1) is 5.92 Å². The van der Waals surface area contributed by atoms with Crippen LogP contribution in [0.3, 0.4) is 0 Å². The zero-order chi connectivity index (χ0) is 12.8. The van der Waals surface area contributed by atoms with E-state index in [0.717, 1.165) is 24.8 Å². The molecule has 0 aromatic heterocycles. The van der Waals surface area contributed by atoms with E-state index in [1.54, 1.807) is 7.11 Å². The van der Waals surface area contributed by atoms with Gasteiger partial charge in [0.1, 0.15) is 5.75 Å². The lowest BCUT2D eigenvalue weighted by Crippen LogP contribution is -2.33. The van der Waals surface area contributed by atoms with Crippen LogP contribution in [0.1, 0.15) is 24.8 Å². The maximum absolute atomic E-state index is 5.62. The second kappa shape index (κ2) is 8.41. The largest absolute Gasteiger partial charge is 0.497 e. The molecule has 1 aromatic carbocycles. The fraction of sp³-hybridized carbons (Fsp3) is 0.600. The molecule has 1 aliphatic rings. The predicted molar refractivity (Wildman–Crippen MR) is 81.9 cm³/mol. The molecular formula is C15H25ClN2O. The highest BCUT2D eigenvalue weighted by Gasteiger charge is 2.18. The van der Waals surface area contributed by atoms with Gasteiger partial charge in [-0.1, -0.05) is 12.1 Å². The molecule has 1 saturated heterocycles. The van der Waals surface area contributed by atoms with Crippen molar-refractivity contribution >= 4 is 12.4 Å². The third kappa shape index (κ3) is 5.01. The van der Waals surface area contributed by atoms with Crippen LogP contribution in [-0.4, -0.2) is 31.6 Å². The number of hydrogen-bond acceptors (Lipinski definition) is 3. The van der Waals surface area contributed by atoms with Gasteiger partial charge in [0.2, 0.25) is 0 Å². The summed E-state index contributed by atoms with van der Waals surface area (Å²) in [6.07, 6.45) is 3.79. The standard InChI is InChI=1S/C15H24N2O.ClH/c1-18-15-4-2-14(3-5-15)12-17-10-7-13(6-9-16)8-11-17;/h2-5,13H,6-12,16H2,1H3;1H. The van der Waals surface area contributed by atoms with Crippen molar-refractivity contribution in [2.75, 3.05) is 26.7 Å². The van der Waals surface area contributed by atoms with E-state index >= 15 is 0 Å². The molecule has 0 atom stereocenters. The maximum Gasteiger partial charge on any atom is 0.118 e. The van der Waals surface area contributed by atoms with Crippen LogP contribution < -0.4 is 10.5 Å². The van der Waals surface area contributed by atoms with Crippen molar-refractivity contribution in [1.29, 1.82) is 0 Å². The summed E-state index contributed by atoms with van der Waals surface area (Å²) in [4.78, 5) is 2.54. The Balaban J connectivity index is 0.00000180. The summed E-state index contributed by atoms with van der Waals surface area (Å²) in [6, 6.07) is 8.39. The Hall–Kier alpha value is -0.770. The van der Waals surface area contributed by atoms with Gasteiger partial charge in [-0.05, 0) is 62.5 Å². The number of likely N-dealkylation sites (tertiary alicyclic amines) is 1. The first kappa shape index (κ1) is 16.3.